The fourth-order valence-electron chi connectivity index (χ4n) is 2.65. The van der Waals surface area contributed by atoms with Gasteiger partial charge in [0.15, 0.2) is 0 Å². The first-order valence-electron chi connectivity index (χ1n) is 8.36. The molecule has 0 aromatic heterocycles. The van der Waals surface area contributed by atoms with E-state index in [0.29, 0.717) is 5.69 Å². The molecule has 0 aliphatic rings. The van der Waals surface area contributed by atoms with Crippen LogP contribution in [-0.2, 0) is 0 Å². The third kappa shape index (κ3) is 3.99. The standard InChI is InChI=1S/C21H17N3O4/c22-16-10-4-1-7-13(16)19(25)23-17-11-5-2-8-14(17)20(26)24-18-12-6-3-9-15(18)21(27)28/h1-12H,22H2,(H,23,25)(H,24,26)(H,27,28). The van der Waals surface area contributed by atoms with Gasteiger partial charge in [0.2, 0.25) is 0 Å². The maximum Gasteiger partial charge on any atom is 0.337 e. The molecule has 0 unspecified atom stereocenters. The third-order valence-electron chi connectivity index (χ3n) is 4.03. The van der Waals surface area contributed by atoms with Crippen LogP contribution in [0.15, 0.2) is 72.8 Å². The third-order valence-corrected chi connectivity index (χ3v) is 4.03. The topological polar surface area (TPSA) is 122 Å². The molecule has 2 amide bonds. The largest absolute Gasteiger partial charge is 0.478 e. The first-order chi connectivity index (χ1) is 13.5. The Kier molecular flexibility index (Phi) is 5.36. The lowest BCUT2D eigenvalue weighted by molar-refractivity contribution is 0.0697. The van der Waals surface area contributed by atoms with E-state index in [9.17, 15) is 19.5 Å². The minimum Gasteiger partial charge on any atom is -0.478 e. The summed E-state index contributed by atoms with van der Waals surface area (Å²) in [6.45, 7) is 0. The quantitative estimate of drug-likeness (QED) is 0.509. The molecule has 0 saturated heterocycles. The number of aromatic carboxylic acids is 1. The van der Waals surface area contributed by atoms with Gasteiger partial charge in [-0.25, -0.2) is 4.79 Å². The number of nitrogen functional groups attached to an aromatic ring is 1. The number of carbonyl (C=O) groups is 3. The molecule has 0 fully saturated rings. The molecule has 0 heterocycles. The molecule has 0 aliphatic carbocycles. The van der Waals surface area contributed by atoms with E-state index < -0.39 is 17.8 Å². The summed E-state index contributed by atoms with van der Waals surface area (Å²) in [6.07, 6.45) is 0. The van der Waals surface area contributed by atoms with Gasteiger partial charge in [-0.2, -0.15) is 0 Å². The monoisotopic (exact) mass is 375 g/mol. The van der Waals surface area contributed by atoms with Gasteiger partial charge in [0.25, 0.3) is 11.8 Å². The van der Waals surface area contributed by atoms with E-state index in [0.717, 1.165) is 0 Å². The van der Waals surface area contributed by atoms with Crippen molar-refractivity contribution in [3.8, 4) is 0 Å². The minimum atomic E-state index is -1.16. The Hall–Kier alpha value is -4.13. The summed E-state index contributed by atoms with van der Waals surface area (Å²) in [5, 5.41) is 14.5. The summed E-state index contributed by atoms with van der Waals surface area (Å²) >= 11 is 0. The number of hydrogen-bond acceptors (Lipinski definition) is 4. The second-order valence-electron chi connectivity index (χ2n) is 5.89. The van der Waals surface area contributed by atoms with Crippen LogP contribution in [0.4, 0.5) is 17.1 Å². The summed E-state index contributed by atoms with van der Waals surface area (Å²) in [5.41, 5.74) is 7.02. The molecule has 3 aromatic carbocycles. The van der Waals surface area contributed by atoms with E-state index in [-0.39, 0.29) is 28.1 Å². The molecule has 7 heteroatoms. The van der Waals surface area contributed by atoms with Gasteiger partial charge in [-0.05, 0) is 36.4 Å². The summed E-state index contributed by atoms with van der Waals surface area (Å²) < 4.78 is 0. The van der Waals surface area contributed by atoms with Crippen molar-refractivity contribution in [2.45, 2.75) is 0 Å². The van der Waals surface area contributed by atoms with Crippen LogP contribution in [0.5, 0.6) is 0 Å². The summed E-state index contributed by atoms with van der Waals surface area (Å²) in [6, 6.07) is 19.1. The van der Waals surface area contributed by atoms with E-state index in [1.807, 2.05) is 0 Å². The van der Waals surface area contributed by atoms with E-state index >= 15 is 0 Å². The zero-order chi connectivity index (χ0) is 20.1. The van der Waals surface area contributed by atoms with Crippen LogP contribution in [0.1, 0.15) is 31.1 Å². The van der Waals surface area contributed by atoms with Crippen LogP contribution in [0.25, 0.3) is 0 Å². The van der Waals surface area contributed by atoms with Crippen LogP contribution in [0, 0.1) is 0 Å². The van der Waals surface area contributed by atoms with Crippen molar-refractivity contribution in [1.29, 1.82) is 0 Å². The highest BCUT2D eigenvalue weighted by atomic mass is 16.4. The van der Waals surface area contributed by atoms with Crippen LogP contribution >= 0.6 is 0 Å². The van der Waals surface area contributed by atoms with Crippen molar-refractivity contribution in [1.82, 2.24) is 0 Å². The van der Waals surface area contributed by atoms with Crippen molar-refractivity contribution in [2.24, 2.45) is 0 Å². The molecule has 0 spiro atoms. The molecule has 5 N–H and O–H groups in total. The smallest absolute Gasteiger partial charge is 0.337 e. The molecule has 0 atom stereocenters. The van der Waals surface area contributed by atoms with Gasteiger partial charge in [0.05, 0.1) is 28.1 Å². The Bertz CT molecular complexity index is 1060. The van der Waals surface area contributed by atoms with Gasteiger partial charge >= 0.3 is 5.97 Å². The number of carboxylic acids is 1. The van der Waals surface area contributed by atoms with Crippen LogP contribution < -0.4 is 16.4 Å². The van der Waals surface area contributed by atoms with Crippen molar-refractivity contribution in [3.63, 3.8) is 0 Å². The average Bonchev–Trinajstić information content (AvgIpc) is 2.69. The van der Waals surface area contributed by atoms with Gasteiger partial charge in [0.1, 0.15) is 0 Å². The Labute approximate surface area is 160 Å². The number of hydrogen-bond donors (Lipinski definition) is 4. The van der Waals surface area contributed by atoms with E-state index in [1.165, 1.54) is 18.2 Å². The number of para-hydroxylation sites is 3. The number of amides is 2. The van der Waals surface area contributed by atoms with Gasteiger partial charge in [0, 0.05) is 5.69 Å². The lowest BCUT2D eigenvalue weighted by Gasteiger charge is -2.13. The van der Waals surface area contributed by atoms with Gasteiger partial charge < -0.3 is 21.5 Å². The first kappa shape index (κ1) is 18.7. The summed E-state index contributed by atoms with van der Waals surface area (Å²) in [5.74, 6) is -2.16. The van der Waals surface area contributed by atoms with E-state index in [1.54, 1.807) is 54.6 Å². The highest BCUT2D eigenvalue weighted by Crippen LogP contribution is 2.21. The highest BCUT2D eigenvalue weighted by molar-refractivity contribution is 6.14. The van der Waals surface area contributed by atoms with Crippen LogP contribution in [0.2, 0.25) is 0 Å². The molecule has 28 heavy (non-hydrogen) atoms. The maximum absolute atomic E-state index is 12.7. The molecule has 7 nitrogen and oxygen atoms in total. The maximum atomic E-state index is 12.7. The van der Waals surface area contributed by atoms with Crippen LogP contribution in [-0.4, -0.2) is 22.9 Å². The fraction of sp³-hybridized carbons (Fsp3) is 0. The molecule has 0 aliphatic heterocycles. The predicted molar refractivity (Wildman–Crippen MR) is 107 cm³/mol. The number of anilines is 3. The zero-order valence-corrected chi connectivity index (χ0v) is 14.7. The SMILES string of the molecule is Nc1ccccc1C(=O)Nc1ccccc1C(=O)Nc1ccccc1C(=O)O. The number of nitrogens with two attached hydrogens (primary N) is 1. The molecule has 0 radical (unpaired) electrons. The average molecular weight is 375 g/mol. The lowest BCUT2D eigenvalue weighted by Crippen LogP contribution is -2.19. The van der Waals surface area contributed by atoms with Crippen molar-refractivity contribution in [3.05, 3.63) is 89.5 Å². The summed E-state index contributed by atoms with van der Waals surface area (Å²) in [4.78, 5) is 36.5. The Morgan fingerprint density at radius 1 is 0.643 bits per heavy atom. The number of carboxylic acid groups (broad SMARTS) is 1. The van der Waals surface area contributed by atoms with Crippen molar-refractivity contribution >= 4 is 34.8 Å². The lowest BCUT2D eigenvalue weighted by atomic mass is 10.1. The molecule has 0 bridgehead atoms. The second-order valence-corrected chi connectivity index (χ2v) is 5.89. The van der Waals surface area contributed by atoms with Crippen LogP contribution in [0.3, 0.4) is 0 Å². The number of carbonyl (C=O) groups excluding carboxylic acids is 2. The first-order valence-corrected chi connectivity index (χ1v) is 8.36. The molecule has 3 rings (SSSR count). The molecular formula is C21H17N3O4. The molecule has 140 valence electrons. The summed E-state index contributed by atoms with van der Waals surface area (Å²) in [7, 11) is 0. The Morgan fingerprint density at radius 3 is 1.64 bits per heavy atom. The fourth-order valence-corrected chi connectivity index (χ4v) is 2.65. The second kappa shape index (κ2) is 8.05. The van der Waals surface area contributed by atoms with Gasteiger partial charge in [-0.1, -0.05) is 36.4 Å². The predicted octanol–water partition coefficient (Wildman–Crippen LogP) is 3.47. The number of nitrogens with one attached hydrogen (secondary N) is 2. The highest BCUT2D eigenvalue weighted by Gasteiger charge is 2.17. The minimum absolute atomic E-state index is 0.0329. The molecular weight excluding hydrogens is 358 g/mol. The Balaban J connectivity index is 1.86. The molecule has 3 aromatic rings. The normalized spacial score (nSPS) is 10.1. The Morgan fingerprint density at radius 2 is 1.07 bits per heavy atom. The van der Waals surface area contributed by atoms with E-state index in [4.69, 9.17) is 5.73 Å². The number of rotatable bonds is 5. The van der Waals surface area contributed by atoms with E-state index in [2.05, 4.69) is 10.6 Å². The van der Waals surface area contributed by atoms with Gasteiger partial charge in [-0.3, -0.25) is 9.59 Å². The van der Waals surface area contributed by atoms with Crippen molar-refractivity contribution < 1.29 is 19.5 Å². The van der Waals surface area contributed by atoms with Crippen molar-refractivity contribution in [2.75, 3.05) is 16.4 Å². The van der Waals surface area contributed by atoms with Gasteiger partial charge in [-0.15, -0.1) is 0 Å². The zero-order valence-electron chi connectivity index (χ0n) is 14.7. The number of benzene rings is 3. The molecule has 0 saturated carbocycles.